The van der Waals surface area contributed by atoms with E-state index in [4.69, 9.17) is 17.3 Å². The Kier molecular flexibility index (Phi) is 4.61. The monoisotopic (exact) mass is 273 g/mol. The van der Waals surface area contributed by atoms with E-state index in [2.05, 4.69) is 5.32 Å². The number of rotatable bonds is 3. The van der Waals surface area contributed by atoms with E-state index >= 15 is 0 Å². The Morgan fingerprint density at radius 3 is 2.56 bits per heavy atom. The van der Waals surface area contributed by atoms with E-state index in [0.29, 0.717) is 0 Å². The van der Waals surface area contributed by atoms with E-state index in [0.717, 1.165) is 18.2 Å². The lowest BCUT2D eigenvalue weighted by Gasteiger charge is -2.07. The first kappa shape index (κ1) is 13.9. The number of carbonyl (C=O) groups is 3. The third-order valence-electron chi connectivity index (χ3n) is 1.86. The zero-order valence-electron chi connectivity index (χ0n) is 9.00. The van der Waals surface area contributed by atoms with Crippen LogP contribution < -0.4 is 16.4 Å². The fourth-order valence-corrected chi connectivity index (χ4v) is 1.20. The second-order valence-electron chi connectivity index (χ2n) is 3.19. The fourth-order valence-electron chi connectivity index (χ4n) is 1.13. The highest BCUT2D eigenvalue weighted by Gasteiger charge is 2.12. The summed E-state index contributed by atoms with van der Waals surface area (Å²) >= 11 is 5.25. The predicted molar refractivity (Wildman–Crippen MR) is 62.8 cm³/mol. The number of imide groups is 1. The van der Waals surface area contributed by atoms with Crippen LogP contribution >= 0.6 is 11.6 Å². The summed E-state index contributed by atoms with van der Waals surface area (Å²) in [7, 11) is 0. The summed E-state index contributed by atoms with van der Waals surface area (Å²) in [6.07, 6.45) is 0. The molecule has 0 spiro atoms. The maximum Gasteiger partial charge on any atom is 0.319 e. The Balaban J connectivity index is 2.96. The summed E-state index contributed by atoms with van der Waals surface area (Å²) in [4.78, 5) is 32.9. The summed E-state index contributed by atoms with van der Waals surface area (Å²) in [6, 6.07) is 2.15. The Bertz CT molecular complexity index is 507. The second-order valence-corrected chi connectivity index (χ2v) is 3.46. The van der Waals surface area contributed by atoms with E-state index in [-0.39, 0.29) is 17.1 Å². The molecule has 1 aromatic rings. The lowest BCUT2D eigenvalue weighted by molar-refractivity contribution is -0.113. The van der Waals surface area contributed by atoms with Crippen molar-refractivity contribution >= 4 is 35.1 Å². The normalized spacial score (nSPS) is 9.67. The first-order chi connectivity index (χ1) is 8.43. The highest BCUT2D eigenvalue weighted by Crippen LogP contribution is 2.16. The zero-order chi connectivity index (χ0) is 13.7. The minimum absolute atomic E-state index is 0.0277. The smallest absolute Gasteiger partial charge is 0.319 e. The maximum atomic E-state index is 13.3. The Labute approximate surface area is 106 Å². The molecule has 6 nitrogen and oxygen atoms in total. The van der Waals surface area contributed by atoms with Crippen molar-refractivity contribution < 1.29 is 18.8 Å². The van der Waals surface area contributed by atoms with Gasteiger partial charge in [0.05, 0.1) is 5.69 Å². The van der Waals surface area contributed by atoms with Crippen molar-refractivity contribution in [1.29, 1.82) is 0 Å². The number of nitrogens with two attached hydrogens (primary N) is 1. The SMILES string of the molecule is NC(=O)NC(=O)c1ccc(F)c(NC(=O)CCl)c1. The van der Waals surface area contributed by atoms with Gasteiger partial charge in [0.1, 0.15) is 11.7 Å². The number of benzene rings is 1. The van der Waals surface area contributed by atoms with Crippen LogP contribution in [0.15, 0.2) is 18.2 Å². The van der Waals surface area contributed by atoms with Gasteiger partial charge in [-0.25, -0.2) is 9.18 Å². The molecule has 0 heterocycles. The van der Waals surface area contributed by atoms with Gasteiger partial charge in [0.25, 0.3) is 5.91 Å². The molecule has 1 aromatic carbocycles. The first-order valence-corrected chi connectivity index (χ1v) is 5.23. The molecule has 4 amide bonds. The van der Waals surface area contributed by atoms with Gasteiger partial charge in [-0.1, -0.05) is 0 Å². The molecule has 0 atom stereocenters. The number of urea groups is 1. The Hall–Kier alpha value is -2.15. The quantitative estimate of drug-likeness (QED) is 0.710. The number of carbonyl (C=O) groups excluding carboxylic acids is 3. The summed E-state index contributed by atoms with van der Waals surface area (Å²) in [5.74, 6) is -2.51. The molecule has 0 saturated carbocycles. The van der Waals surface area contributed by atoms with Crippen molar-refractivity contribution in [3.05, 3.63) is 29.6 Å². The summed E-state index contributed by atoms with van der Waals surface area (Å²) < 4.78 is 13.3. The van der Waals surface area contributed by atoms with Gasteiger partial charge in [0, 0.05) is 5.56 Å². The van der Waals surface area contributed by atoms with Crippen LogP contribution in [0.3, 0.4) is 0 Å². The summed E-state index contributed by atoms with van der Waals surface area (Å²) in [5.41, 5.74) is 4.53. The van der Waals surface area contributed by atoms with E-state index < -0.39 is 23.7 Å². The highest BCUT2D eigenvalue weighted by molar-refractivity contribution is 6.29. The average Bonchev–Trinajstić information content (AvgIpc) is 2.30. The number of nitrogens with one attached hydrogen (secondary N) is 2. The highest BCUT2D eigenvalue weighted by atomic mass is 35.5. The second kappa shape index (κ2) is 5.97. The largest absolute Gasteiger partial charge is 0.351 e. The van der Waals surface area contributed by atoms with Crippen LogP contribution in [0.2, 0.25) is 0 Å². The fraction of sp³-hybridized carbons (Fsp3) is 0.100. The van der Waals surface area contributed by atoms with Crippen molar-refractivity contribution in [1.82, 2.24) is 5.32 Å². The van der Waals surface area contributed by atoms with Gasteiger partial charge in [-0.05, 0) is 18.2 Å². The average molecular weight is 274 g/mol. The molecule has 8 heteroatoms. The van der Waals surface area contributed by atoms with Crippen LogP contribution in [0.4, 0.5) is 14.9 Å². The molecule has 0 aliphatic rings. The van der Waals surface area contributed by atoms with Crippen molar-refractivity contribution in [2.75, 3.05) is 11.2 Å². The van der Waals surface area contributed by atoms with Crippen LogP contribution in [0, 0.1) is 5.82 Å². The molecule has 0 unspecified atom stereocenters. The van der Waals surface area contributed by atoms with Gasteiger partial charge in [-0.15, -0.1) is 11.6 Å². The third kappa shape index (κ3) is 3.70. The molecule has 0 bridgehead atoms. The zero-order valence-corrected chi connectivity index (χ0v) is 9.75. The molecule has 0 fully saturated rings. The van der Waals surface area contributed by atoms with Crippen molar-refractivity contribution in [3.63, 3.8) is 0 Å². The minimum atomic E-state index is -1.03. The molecule has 1 rings (SSSR count). The molecule has 96 valence electrons. The topological polar surface area (TPSA) is 101 Å². The standard InChI is InChI=1S/C10H9ClFN3O3/c11-4-8(16)14-7-3-5(1-2-6(7)12)9(17)15-10(13)18/h1-3H,4H2,(H,14,16)(H3,13,15,17,18). The van der Waals surface area contributed by atoms with Crippen LogP contribution in [0.25, 0.3) is 0 Å². The van der Waals surface area contributed by atoms with Gasteiger partial charge >= 0.3 is 6.03 Å². The molecule has 18 heavy (non-hydrogen) atoms. The number of hydrogen-bond acceptors (Lipinski definition) is 3. The molecule has 0 aromatic heterocycles. The predicted octanol–water partition coefficient (Wildman–Crippen LogP) is 0.811. The van der Waals surface area contributed by atoms with Gasteiger partial charge in [0.15, 0.2) is 0 Å². The first-order valence-electron chi connectivity index (χ1n) is 4.70. The number of primary amides is 1. The van der Waals surface area contributed by atoms with Gasteiger partial charge < -0.3 is 11.1 Å². The van der Waals surface area contributed by atoms with E-state index in [1.165, 1.54) is 0 Å². The molecule has 0 saturated heterocycles. The van der Waals surface area contributed by atoms with E-state index in [1.807, 2.05) is 5.32 Å². The number of anilines is 1. The van der Waals surface area contributed by atoms with Crippen LogP contribution in [0.1, 0.15) is 10.4 Å². The molecular weight excluding hydrogens is 265 g/mol. The van der Waals surface area contributed by atoms with E-state index in [1.54, 1.807) is 0 Å². The Morgan fingerprint density at radius 1 is 1.33 bits per heavy atom. The van der Waals surface area contributed by atoms with Crippen molar-refractivity contribution in [3.8, 4) is 0 Å². The van der Waals surface area contributed by atoms with Crippen molar-refractivity contribution in [2.24, 2.45) is 5.73 Å². The number of hydrogen-bond donors (Lipinski definition) is 3. The van der Waals surface area contributed by atoms with Crippen molar-refractivity contribution in [2.45, 2.75) is 0 Å². The minimum Gasteiger partial charge on any atom is -0.351 e. The maximum absolute atomic E-state index is 13.3. The van der Waals surface area contributed by atoms with Crippen LogP contribution in [-0.2, 0) is 4.79 Å². The van der Waals surface area contributed by atoms with Crippen LogP contribution in [0.5, 0.6) is 0 Å². The molecular formula is C10H9ClFN3O3. The van der Waals surface area contributed by atoms with Gasteiger partial charge in [-0.2, -0.15) is 0 Å². The molecule has 0 aliphatic carbocycles. The molecule has 0 aliphatic heterocycles. The Morgan fingerprint density at radius 2 is 2.00 bits per heavy atom. The number of halogens is 2. The third-order valence-corrected chi connectivity index (χ3v) is 2.10. The van der Waals surface area contributed by atoms with Crippen LogP contribution in [-0.4, -0.2) is 23.7 Å². The van der Waals surface area contributed by atoms with E-state index in [9.17, 15) is 18.8 Å². The lowest BCUT2D eigenvalue weighted by atomic mass is 10.2. The summed E-state index contributed by atoms with van der Waals surface area (Å²) in [6.45, 7) is 0. The number of amides is 4. The molecule has 0 radical (unpaired) electrons. The van der Waals surface area contributed by atoms with Gasteiger partial charge in [0.2, 0.25) is 5.91 Å². The summed E-state index contributed by atoms with van der Waals surface area (Å²) in [5, 5.41) is 3.98. The number of alkyl halides is 1. The van der Waals surface area contributed by atoms with Gasteiger partial charge in [-0.3, -0.25) is 14.9 Å². The lowest BCUT2D eigenvalue weighted by Crippen LogP contribution is -2.35. The molecule has 4 N–H and O–H groups in total.